The predicted molar refractivity (Wildman–Crippen MR) is 85.1 cm³/mol. The Labute approximate surface area is 134 Å². The number of rotatable bonds is 5. The van der Waals surface area contributed by atoms with Gasteiger partial charge in [-0.3, -0.25) is 0 Å². The molecule has 0 atom stereocenters. The van der Waals surface area contributed by atoms with Crippen LogP contribution in [0, 0.1) is 0 Å². The van der Waals surface area contributed by atoms with Gasteiger partial charge in [0.05, 0.1) is 22.7 Å². The van der Waals surface area contributed by atoms with Gasteiger partial charge in [-0.05, 0) is 67.3 Å². The highest BCUT2D eigenvalue weighted by molar-refractivity contribution is 9.10. The van der Waals surface area contributed by atoms with Gasteiger partial charge in [-0.25, -0.2) is 0 Å². The van der Waals surface area contributed by atoms with Gasteiger partial charge in [-0.2, -0.15) is 0 Å². The molecule has 0 saturated carbocycles. The zero-order chi connectivity index (χ0) is 14.5. The van der Waals surface area contributed by atoms with Gasteiger partial charge in [0.1, 0.15) is 18.1 Å². The summed E-state index contributed by atoms with van der Waals surface area (Å²) < 4.78 is 12.7. The van der Waals surface area contributed by atoms with Crippen LogP contribution in [0.5, 0.6) is 11.5 Å². The van der Waals surface area contributed by atoms with E-state index in [1.165, 1.54) is 0 Å². The molecule has 0 bridgehead atoms. The Morgan fingerprint density at radius 3 is 2.15 bits per heavy atom. The molecule has 0 radical (unpaired) electrons. The maximum Gasteiger partial charge on any atom is 0.134 e. The Balaban J connectivity index is 2.07. The van der Waals surface area contributed by atoms with Gasteiger partial charge in [0.25, 0.3) is 0 Å². The number of benzene rings is 2. The molecule has 5 heteroatoms. The van der Waals surface area contributed by atoms with Gasteiger partial charge in [-0.1, -0.05) is 12.1 Å². The molecule has 0 unspecified atom stereocenters. The third kappa shape index (κ3) is 3.75. The Morgan fingerprint density at radius 1 is 0.950 bits per heavy atom. The first-order valence-corrected chi connectivity index (χ1v) is 7.57. The lowest BCUT2D eigenvalue weighted by atomic mass is 10.2. The molecule has 2 aromatic carbocycles. The summed E-state index contributed by atoms with van der Waals surface area (Å²) in [4.78, 5) is 0. The summed E-state index contributed by atoms with van der Waals surface area (Å²) >= 11 is 6.88. The van der Waals surface area contributed by atoms with Crippen molar-refractivity contribution >= 4 is 31.9 Å². The zero-order valence-corrected chi connectivity index (χ0v) is 14.1. The van der Waals surface area contributed by atoms with Crippen molar-refractivity contribution in [3.8, 4) is 11.5 Å². The molecule has 0 aromatic heterocycles. The second kappa shape index (κ2) is 7.11. The van der Waals surface area contributed by atoms with Gasteiger partial charge >= 0.3 is 0 Å². The minimum Gasteiger partial charge on any atom is -0.496 e. The van der Waals surface area contributed by atoms with Crippen molar-refractivity contribution in [2.24, 2.45) is 0 Å². The number of ether oxygens (including phenoxy) is 2. The SMILES string of the molecule is COc1ccc(COc2ccc(CO)cc2Br)cc1Br. The first-order chi connectivity index (χ1) is 9.63. The average molecular weight is 402 g/mol. The van der Waals surface area contributed by atoms with Gasteiger partial charge in [0, 0.05) is 0 Å². The summed E-state index contributed by atoms with van der Waals surface area (Å²) in [5.41, 5.74) is 1.88. The molecule has 0 fully saturated rings. The second-order valence-corrected chi connectivity index (χ2v) is 5.89. The van der Waals surface area contributed by atoms with E-state index in [0.29, 0.717) is 6.61 Å². The molecule has 1 N–H and O–H groups in total. The molecule has 3 nitrogen and oxygen atoms in total. The smallest absolute Gasteiger partial charge is 0.134 e. The van der Waals surface area contributed by atoms with Gasteiger partial charge in [0.2, 0.25) is 0 Å². The second-order valence-electron chi connectivity index (χ2n) is 4.18. The number of hydrogen-bond acceptors (Lipinski definition) is 3. The van der Waals surface area contributed by atoms with Crippen LogP contribution in [0.25, 0.3) is 0 Å². The van der Waals surface area contributed by atoms with Crippen LogP contribution in [0.3, 0.4) is 0 Å². The van der Waals surface area contributed by atoms with Crippen LogP contribution in [-0.2, 0) is 13.2 Å². The lowest BCUT2D eigenvalue weighted by Crippen LogP contribution is -1.97. The molecule has 0 amide bonds. The van der Waals surface area contributed by atoms with E-state index in [2.05, 4.69) is 31.9 Å². The Kier molecular flexibility index (Phi) is 5.46. The molecular weight excluding hydrogens is 388 g/mol. The molecule has 2 rings (SSSR count). The monoisotopic (exact) mass is 400 g/mol. The minimum atomic E-state index is 0.0182. The molecule has 0 saturated heterocycles. The maximum absolute atomic E-state index is 9.06. The quantitative estimate of drug-likeness (QED) is 0.811. The van der Waals surface area contributed by atoms with Crippen LogP contribution >= 0.6 is 31.9 Å². The molecule has 106 valence electrons. The third-order valence-electron chi connectivity index (χ3n) is 2.79. The van der Waals surface area contributed by atoms with Crippen molar-refractivity contribution in [1.29, 1.82) is 0 Å². The van der Waals surface area contributed by atoms with E-state index >= 15 is 0 Å². The standard InChI is InChI=1S/C15H14Br2O3/c1-19-14-4-3-11(7-12(14)16)9-20-15-5-2-10(8-18)6-13(15)17/h2-7,18H,8-9H2,1H3. The van der Waals surface area contributed by atoms with Crippen molar-refractivity contribution in [2.75, 3.05) is 7.11 Å². The molecular formula is C15H14Br2O3. The highest BCUT2D eigenvalue weighted by Gasteiger charge is 2.05. The normalized spacial score (nSPS) is 10.4. The van der Waals surface area contributed by atoms with E-state index in [9.17, 15) is 0 Å². The number of hydrogen-bond donors (Lipinski definition) is 1. The minimum absolute atomic E-state index is 0.0182. The Morgan fingerprint density at radius 2 is 1.55 bits per heavy atom. The Bertz CT molecular complexity index is 600. The number of aliphatic hydroxyl groups is 1. The highest BCUT2D eigenvalue weighted by Crippen LogP contribution is 2.29. The van der Waals surface area contributed by atoms with Crippen molar-refractivity contribution in [3.63, 3.8) is 0 Å². The number of halogens is 2. The molecule has 0 spiro atoms. The van der Waals surface area contributed by atoms with Crippen LogP contribution in [0.15, 0.2) is 45.3 Å². The highest BCUT2D eigenvalue weighted by atomic mass is 79.9. The molecule has 0 aliphatic heterocycles. The van der Waals surface area contributed by atoms with Crippen LogP contribution < -0.4 is 9.47 Å². The van der Waals surface area contributed by atoms with Crippen molar-refractivity contribution in [2.45, 2.75) is 13.2 Å². The molecule has 2 aromatic rings. The first-order valence-electron chi connectivity index (χ1n) is 5.98. The summed E-state index contributed by atoms with van der Waals surface area (Å²) in [6.45, 7) is 0.476. The topological polar surface area (TPSA) is 38.7 Å². The van der Waals surface area contributed by atoms with E-state index in [4.69, 9.17) is 14.6 Å². The summed E-state index contributed by atoms with van der Waals surface area (Å²) in [6.07, 6.45) is 0. The van der Waals surface area contributed by atoms with E-state index < -0.39 is 0 Å². The third-order valence-corrected chi connectivity index (χ3v) is 4.03. The summed E-state index contributed by atoms with van der Waals surface area (Å²) in [5, 5.41) is 9.06. The van der Waals surface area contributed by atoms with E-state index in [1.807, 2.05) is 36.4 Å². The Hall–Kier alpha value is -1.04. The fraction of sp³-hybridized carbons (Fsp3) is 0.200. The van der Waals surface area contributed by atoms with Crippen LogP contribution in [0.2, 0.25) is 0 Å². The first kappa shape index (κ1) is 15.4. The number of methoxy groups -OCH3 is 1. The lowest BCUT2D eigenvalue weighted by molar-refractivity contribution is 0.280. The predicted octanol–water partition coefficient (Wildman–Crippen LogP) is 4.29. The van der Waals surface area contributed by atoms with Crippen LogP contribution in [0.4, 0.5) is 0 Å². The van der Waals surface area contributed by atoms with Crippen LogP contribution in [0.1, 0.15) is 11.1 Å². The summed E-state index contributed by atoms with van der Waals surface area (Å²) in [6, 6.07) is 11.3. The van der Waals surface area contributed by atoms with E-state index in [1.54, 1.807) is 7.11 Å². The van der Waals surface area contributed by atoms with E-state index in [0.717, 1.165) is 31.6 Å². The summed E-state index contributed by atoms with van der Waals surface area (Å²) in [5.74, 6) is 1.54. The average Bonchev–Trinajstić information content (AvgIpc) is 2.46. The van der Waals surface area contributed by atoms with Gasteiger partial charge in [-0.15, -0.1) is 0 Å². The van der Waals surface area contributed by atoms with Crippen molar-refractivity contribution < 1.29 is 14.6 Å². The molecule has 0 heterocycles. The van der Waals surface area contributed by atoms with Gasteiger partial charge < -0.3 is 14.6 Å². The molecule has 0 aliphatic rings. The van der Waals surface area contributed by atoms with Gasteiger partial charge in [0.15, 0.2) is 0 Å². The zero-order valence-electron chi connectivity index (χ0n) is 10.9. The fourth-order valence-corrected chi connectivity index (χ4v) is 2.85. The number of aliphatic hydroxyl groups excluding tert-OH is 1. The maximum atomic E-state index is 9.06. The summed E-state index contributed by atoms with van der Waals surface area (Å²) in [7, 11) is 1.64. The van der Waals surface area contributed by atoms with Crippen molar-refractivity contribution in [3.05, 3.63) is 56.5 Å². The lowest BCUT2D eigenvalue weighted by Gasteiger charge is -2.10. The fourth-order valence-electron chi connectivity index (χ4n) is 1.72. The largest absolute Gasteiger partial charge is 0.496 e. The molecule has 20 heavy (non-hydrogen) atoms. The molecule has 0 aliphatic carbocycles. The van der Waals surface area contributed by atoms with E-state index in [-0.39, 0.29) is 6.61 Å². The van der Waals surface area contributed by atoms with Crippen molar-refractivity contribution in [1.82, 2.24) is 0 Å². The van der Waals surface area contributed by atoms with Crippen LogP contribution in [-0.4, -0.2) is 12.2 Å².